The quantitative estimate of drug-likeness (QED) is 0.0419. The van der Waals surface area contributed by atoms with Gasteiger partial charge in [0.15, 0.2) is 0 Å². The number of hydrogen-bond acceptors (Lipinski definition) is 13. The van der Waals surface area contributed by atoms with Crippen molar-refractivity contribution in [2.45, 2.75) is 145 Å². The highest BCUT2D eigenvalue weighted by molar-refractivity contribution is 5.99. The fourth-order valence-corrected chi connectivity index (χ4v) is 8.82. The van der Waals surface area contributed by atoms with Crippen LogP contribution in [0.4, 0.5) is 0 Å². The van der Waals surface area contributed by atoms with Crippen LogP contribution in [0.25, 0.3) is 0 Å². The Hall–Kier alpha value is -6.20. The first-order valence-electron chi connectivity index (χ1n) is 23.0. The highest BCUT2D eigenvalue weighted by Gasteiger charge is 2.45. The zero-order valence-corrected chi connectivity index (χ0v) is 37.8. The van der Waals surface area contributed by atoms with Gasteiger partial charge in [0.1, 0.15) is 42.3 Å². The Morgan fingerprint density at radius 3 is 1.69 bits per heavy atom. The number of carboxylic acids is 2. The lowest BCUT2D eigenvalue weighted by atomic mass is 10.0. The van der Waals surface area contributed by atoms with Crippen LogP contribution >= 0.6 is 0 Å². The number of nitrogens with zero attached hydrogens (tertiary/aromatic N) is 3. The minimum absolute atomic E-state index is 0.0528. The summed E-state index contributed by atoms with van der Waals surface area (Å²) in [5.74, 6) is -8.51. The normalized spacial score (nSPS) is 20.2. The lowest BCUT2D eigenvalue weighted by molar-refractivity contribution is -0.150. The summed E-state index contributed by atoms with van der Waals surface area (Å²) < 4.78 is 0. The van der Waals surface area contributed by atoms with E-state index in [2.05, 4.69) is 21.3 Å². The van der Waals surface area contributed by atoms with Gasteiger partial charge in [-0.05, 0) is 95.7 Å². The number of amides is 8. The Balaban J connectivity index is 1.52. The van der Waals surface area contributed by atoms with Gasteiger partial charge in [-0.15, -0.1) is 0 Å². The lowest BCUT2D eigenvalue weighted by Crippen LogP contribution is -2.60. The van der Waals surface area contributed by atoms with Gasteiger partial charge in [-0.1, -0.05) is 30.3 Å². The Bertz CT molecular complexity index is 1940. The van der Waals surface area contributed by atoms with Gasteiger partial charge in [-0.25, -0.2) is 4.79 Å². The molecule has 3 aliphatic rings. The van der Waals surface area contributed by atoms with Crippen molar-refractivity contribution >= 4 is 59.2 Å². The summed E-state index contributed by atoms with van der Waals surface area (Å²) in [6, 6.07) is -1.29. The second-order valence-corrected chi connectivity index (χ2v) is 17.3. The van der Waals surface area contributed by atoms with E-state index in [4.69, 9.17) is 22.9 Å². The molecule has 14 N–H and O–H groups in total. The number of carbonyl (C=O) groups is 10. The van der Waals surface area contributed by atoms with Crippen molar-refractivity contribution in [3.63, 3.8) is 0 Å². The van der Waals surface area contributed by atoms with Crippen LogP contribution in [0, 0.1) is 0 Å². The fraction of sp³-hybridized carbons (Fsp3) is 0.636. The monoisotopic (exact) mass is 941 g/mol. The molecule has 23 heteroatoms. The molecule has 0 bridgehead atoms. The van der Waals surface area contributed by atoms with Crippen LogP contribution in [0.5, 0.6) is 0 Å². The molecule has 3 saturated heterocycles. The number of nitrogens with one attached hydrogen (secondary N) is 4. The zero-order valence-electron chi connectivity index (χ0n) is 37.8. The van der Waals surface area contributed by atoms with Crippen LogP contribution < -0.4 is 44.2 Å². The number of primary amides is 1. The highest BCUT2D eigenvalue weighted by atomic mass is 16.4. The Morgan fingerprint density at radius 1 is 0.597 bits per heavy atom. The molecule has 23 nitrogen and oxygen atoms in total. The molecule has 8 amide bonds. The smallest absolute Gasteiger partial charge is 0.326 e. The largest absolute Gasteiger partial charge is 0.481 e. The van der Waals surface area contributed by atoms with Gasteiger partial charge in [-0.3, -0.25) is 43.2 Å². The molecule has 1 aromatic carbocycles. The fourth-order valence-electron chi connectivity index (χ4n) is 8.82. The number of hydrogen-bond donors (Lipinski definition) is 10. The van der Waals surface area contributed by atoms with E-state index in [0.717, 1.165) is 4.90 Å². The molecular formula is C44H67N11O12. The van der Waals surface area contributed by atoms with E-state index in [1.54, 1.807) is 30.3 Å². The minimum Gasteiger partial charge on any atom is -0.481 e. The van der Waals surface area contributed by atoms with Crippen molar-refractivity contribution in [1.29, 1.82) is 0 Å². The maximum atomic E-state index is 14.5. The molecule has 0 unspecified atom stereocenters. The van der Waals surface area contributed by atoms with E-state index in [1.165, 1.54) is 9.80 Å². The van der Waals surface area contributed by atoms with Gasteiger partial charge in [0.05, 0.1) is 18.9 Å². The molecule has 3 heterocycles. The standard InChI is InChI=1S/C44H67N11O12/c45-18-6-4-13-28(49-37(59)27(47)24-35(48)56)38(60)50-29(14-5-7-19-46)41(63)54-21-9-16-33(54)43(65)53-20-8-15-32(53)40(62)51-30(23-26-11-2-1-3-12-26)39(61)52-31(25-36(57)58)42(64)55-22-10-17-34(55)44(66)67/h1-3,11-12,27-34H,4-10,13-25,45-47H2,(H2,48,56)(H,49,59)(H,50,60)(H,51,62)(H,52,61)(H,57,58)(H,66,67)/t27-,28-,29-,30-,31-,32-,33-,34-/m0/s1. The Kier molecular flexibility index (Phi) is 20.9. The van der Waals surface area contributed by atoms with E-state index in [0.29, 0.717) is 63.6 Å². The molecule has 1 aromatic rings. The van der Waals surface area contributed by atoms with Crippen LogP contribution in [0.15, 0.2) is 30.3 Å². The summed E-state index contributed by atoms with van der Waals surface area (Å²) in [6.45, 7) is 1.01. The van der Waals surface area contributed by atoms with Crippen molar-refractivity contribution in [1.82, 2.24) is 36.0 Å². The third kappa shape index (κ3) is 15.4. The number of aliphatic carboxylic acids is 2. The third-order valence-corrected chi connectivity index (χ3v) is 12.3. The predicted octanol–water partition coefficient (Wildman–Crippen LogP) is -2.84. The van der Waals surface area contributed by atoms with Gasteiger partial charge in [0.2, 0.25) is 47.3 Å². The topological polar surface area (TPSA) is 373 Å². The van der Waals surface area contributed by atoms with Gasteiger partial charge >= 0.3 is 11.9 Å². The Morgan fingerprint density at radius 2 is 1.10 bits per heavy atom. The number of carboxylic acid groups (broad SMARTS) is 2. The number of benzene rings is 1. The van der Waals surface area contributed by atoms with Gasteiger partial charge < -0.3 is 69.1 Å². The molecule has 67 heavy (non-hydrogen) atoms. The summed E-state index contributed by atoms with van der Waals surface area (Å²) in [6.07, 6.45) is 2.68. The van der Waals surface area contributed by atoms with Crippen LogP contribution in [-0.4, -0.2) is 165 Å². The van der Waals surface area contributed by atoms with E-state index in [9.17, 15) is 58.2 Å². The first-order chi connectivity index (χ1) is 32.0. The summed E-state index contributed by atoms with van der Waals surface area (Å²) in [5.41, 5.74) is 23.1. The summed E-state index contributed by atoms with van der Waals surface area (Å²) in [5, 5.41) is 29.8. The lowest BCUT2D eigenvalue weighted by Gasteiger charge is -2.34. The molecule has 0 aromatic heterocycles. The first-order valence-corrected chi connectivity index (χ1v) is 23.0. The summed E-state index contributed by atoms with van der Waals surface area (Å²) in [7, 11) is 0. The number of likely N-dealkylation sites (tertiary alicyclic amines) is 3. The predicted molar refractivity (Wildman–Crippen MR) is 240 cm³/mol. The number of unbranched alkanes of at least 4 members (excludes halogenated alkanes) is 2. The Labute approximate surface area is 388 Å². The van der Waals surface area contributed by atoms with Crippen LogP contribution in [0.2, 0.25) is 0 Å². The van der Waals surface area contributed by atoms with E-state index < -0.39 is 120 Å². The maximum Gasteiger partial charge on any atom is 0.326 e. The number of nitrogens with two attached hydrogens (primary N) is 4. The van der Waals surface area contributed by atoms with Crippen LogP contribution in [0.1, 0.15) is 95.5 Å². The molecule has 0 spiro atoms. The molecule has 3 aliphatic heterocycles. The highest BCUT2D eigenvalue weighted by Crippen LogP contribution is 2.27. The molecule has 0 aliphatic carbocycles. The van der Waals surface area contributed by atoms with Crippen molar-refractivity contribution in [3.8, 4) is 0 Å². The van der Waals surface area contributed by atoms with Crippen molar-refractivity contribution in [2.24, 2.45) is 22.9 Å². The molecular weight excluding hydrogens is 875 g/mol. The number of carbonyl (C=O) groups excluding carboxylic acids is 8. The molecule has 0 saturated carbocycles. The van der Waals surface area contributed by atoms with Gasteiger partial charge in [0, 0.05) is 26.1 Å². The zero-order chi connectivity index (χ0) is 49.2. The summed E-state index contributed by atoms with van der Waals surface area (Å²) >= 11 is 0. The molecule has 370 valence electrons. The molecule has 8 atom stereocenters. The third-order valence-electron chi connectivity index (χ3n) is 12.3. The van der Waals surface area contributed by atoms with Gasteiger partial charge in [0.25, 0.3) is 0 Å². The second kappa shape index (κ2) is 26.2. The molecule has 3 fully saturated rings. The second-order valence-electron chi connectivity index (χ2n) is 17.3. The minimum atomic E-state index is -1.65. The maximum absolute atomic E-state index is 14.5. The number of rotatable bonds is 26. The van der Waals surface area contributed by atoms with Crippen molar-refractivity contribution in [2.75, 3.05) is 32.7 Å². The molecule has 4 rings (SSSR count). The summed E-state index contributed by atoms with van der Waals surface area (Å²) in [4.78, 5) is 136. The first kappa shape index (κ1) is 53.4. The van der Waals surface area contributed by atoms with E-state index in [1.807, 2.05) is 0 Å². The van der Waals surface area contributed by atoms with Crippen LogP contribution in [0.3, 0.4) is 0 Å². The average Bonchev–Trinajstić information content (AvgIpc) is 4.09. The van der Waals surface area contributed by atoms with E-state index in [-0.39, 0.29) is 58.2 Å². The van der Waals surface area contributed by atoms with Gasteiger partial charge in [-0.2, -0.15) is 0 Å². The van der Waals surface area contributed by atoms with Crippen molar-refractivity contribution in [3.05, 3.63) is 35.9 Å². The SMILES string of the molecule is NCCCC[C@H](NC(=O)[C@@H](N)CC(N)=O)C(=O)N[C@@H](CCCCN)C(=O)N1CCC[C@H]1C(=O)N1CCC[C@H]1C(=O)N[C@@H](Cc1ccccc1)C(=O)N[C@@H](CC(=O)O)C(=O)N1CCC[C@H]1C(=O)O. The van der Waals surface area contributed by atoms with E-state index >= 15 is 0 Å². The van der Waals surface area contributed by atoms with Crippen LogP contribution in [-0.2, 0) is 54.4 Å². The van der Waals surface area contributed by atoms with Crippen molar-refractivity contribution < 1.29 is 58.2 Å². The average molecular weight is 942 g/mol. The molecule has 0 radical (unpaired) electrons.